The molecule has 1 unspecified atom stereocenters. The molecular weight excluding hydrogens is 306 g/mol. The molecule has 0 aliphatic heterocycles. The summed E-state index contributed by atoms with van der Waals surface area (Å²) in [5.41, 5.74) is 3.36. The van der Waals surface area contributed by atoms with E-state index in [4.69, 9.17) is 5.11 Å². The van der Waals surface area contributed by atoms with Gasteiger partial charge in [0.25, 0.3) is 0 Å². The molecule has 134 valence electrons. The SMILES string of the molecule is Cc1nn(C)c(C)c1CC(C)NC(=O)CC1CCC(C(=O)O)CC1. The molecule has 0 radical (unpaired) electrons. The van der Waals surface area contributed by atoms with Gasteiger partial charge in [-0.25, -0.2) is 0 Å². The molecule has 1 saturated carbocycles. The molecule has 2 N–H and O–H groups in total. The number of amides is 1. The highest BCUT2D eigenvalue weighted by atomic mass is 16.4. The molecule has 1 aromatic heterocycles. The molecule has 2 rings (SSSR count). The van der Waals surface area contributed by atoms with Crippen LogP contribution in [0.5, 0.6) is 0 Å². The normalized spacial score (nSPS) is 22.2. The third-order valence-corrected chi connectivity index (χ3v) is 5.25. The van der Waals surface area contributed by atoms with Crippen molar-refractivity contribution in [3.8, 4) is 0 Å². The van der Waals surface area contributed by atoms with Gasteiger partial charge in [0.15, 0.2) is 0 Å². The van der Waals surface area contributed by atoms with Gasteiger partial charge in [0.1, 0.15) is 0 Å². The Morgan fingerprint density at radius 1 is 1.29 bits per heavy atom. The molecule has 1 amide bonds. The van der Waals surface area contributed by atoms with E-state index in [1.54, 1.807) is 0 Å². The number of aryl methyl sites for hydroxylation is 2. The van der Waals surface area contributed by atoms with Crippen molar-refractivity contribution in [2.75, 3.05) is 0 Å². The van der Waals surface area contributed by atoms with Gasteiger partial charge >= 0.3 is 5.97 Å². The van der Waals surface area contributed by atoms with Gasteiger partial charge in [0.2, 0.25) is 5.91 Å². The molecule has 0 saturated heterocycles. The molecule has 1 aliphatic rings. The second-order valence-electron chi connectivity index (χ2n) is 7.21. The topological polar surface area (TPSA) is 84.2 Å². The Labute approximate surface area is 143 Å². The van der Waals surface area contributed by atoms with Gasteiger partial charge in [-0.15, -0.1) is 0 Å². The molecule has 1 aliphatic carbocycles. The lowest BCUT2D eigenvalue weighted by atomic mass is 9.80. The number of aliphatic carboxylic acids is 1. The molecular formula is C18H29N3O3. The first-order chi connectivity index (χ1) is 11.3. The van der Waals surface area contributed by atoms with E-state index in [1.807, 2.05) is 32.5 Å². The minimum Gasteiger partial charge on any atom is -0.481 e. The van der Waals surface area contributed by atoms with E-state index in [2.05, 4.69) is 10.4 Å². The van der Waals surface area contributed by atoms with E-state index in [0.717, 1.165) is 30.7 Å². The fourth-order valence-corrected chi connectivity index (χ4v) is 3.68. The average Bonchev–Trinajstić information content (AvgIpc) is 2.74. The monoisotopic (exact) mass is 335 g/mol. The first-order valence-corrected chi connectivity index (χ1v) is 8.79. The summed E-state index contributed by atoms with van der Waals surface area (Å²) >= 11 is 0. The van der Waals surface area contributed by atoms with Crippen LogP contribution in [-0.4, -0.2) is 32.8 Å². The lowest BCUT2D eigenvalue weighted by Crippen LogP contribution is -2.36. The maximum absolute atomic E-state index is 12.3. The van der Waals surface area contributed by atoms with Crippen molar-refractivity contribution in [1.29, 1.82) is 0 Å². The third kappa shape index (κ3) is 4.58. The number of carbonyl (C=O) groups excluding carboxylic acids is 1. The molecule has 1 fully saturated rings. The molecule has 0 aromatic carbocycles. The van der Waals surface area contributed by atoms with Crippen molar-refractivity contribution in [2.24, 2.45) is 18.9 Å². The zero-order chi connectivity index (χ0) is 17.9. The fourth-order valence-electron chi connectivity index (χ4n) is 3.68. The van der Waals surface area contributed by atoms with Crippen LogP contribution in [0.25, 0.3) is 0 Å². The molecule has 0 spiro atoms. The number of carboxylic acid groups (broad SMARTS) is 1. The van der Waals surface area contributed by atoms with Crippen molar-refractivity contribution < 1.29 is 14.7 Å². The summed E-state index contributed by atoms with van der Waals surface area (Å²) in [7, 11) is 1.93. The number of nitrogens with one attached hydrogen (secondary N) is 1. The maximum Gasteiger partial charge on any atom is 0.306 e. The number of nitrogens with zero attached hydrogens (tertiary/aromatic N) is 2. The standard InChI is InChI=1S/C18H29N3O3/c1-11(9-16-12(2)20-21(4)13(16)3)19-17(22)10-14-5-7-15(8-6-14)18(23)24/h11,14-15H,5-10H2,1-4H3,(H,19,22)(H,23,24). The Morgan fingerprint density at radius 3 is 2.42 bits per heavy atom. The second-order valence-corrected chi connectivity index (χ2v) is 7.21. The smallest absolute Gasteiger partial charge is 0.306 e. The van der Waals surface area contributed by atoms with Gasteiger partial charge in [0.05, 0.1) is 11.6 Å². The highest BCUT2D eigenvalue weighted by Gasteiger charge is 2.27. The average molecular weight is 335 g/mol. The Morgan fingerprint density at radius 2 is 1.92 bits per heavy atom. The molecule has 1 atom stereocenters. The highest BCUT2D eigenvalue weighted by molar-refractivity contribution is 5.76. The zero-order valence-corrected chi connectivity index (χ0v) is 15.1. The highest BCUT2D eigenvalue weighted by Crippen LogP contribution is 2.30. The van der Waals surface area contributed by atoms with Crippen LogP contribution in [0.4, 0.5) is 0 Å². The largest absolute Gasteiger partial charge is 0.481 e. The molecule has 6 nitrogen and oxygen atoms in total. The van der Waals surface area contributed by atoms with Crippen molar-refractivity contribution in [1.82, 2.24) is 15.1 Å². The van der Waals surface area contributed by atoms with Gasteiger partial charge < -0.3 is 10.4 Å². The summed E-state index contributed by atoms with van der Waals surface area (Å²) in [6, 6.07) is 0.0643. The Hall–Kier alpha value is -1.85. The van der Waals surface area contributed by atoms with E-state index in [-0.39, 0.29) is 17.9 Å². The van der Waals surface area contributed by atoms with Gasteiger partial charge in [-0.1, -0.05) is 0 Å². The van der Waals surface area contributed by atoms with Crippen LogP contribution in [0.2, 0.25) is 0 Å². The number of hydrogen-bond acceptors (Lipinski definition) is 3. The Balaban J connectivity index is 1.79. The summed E-state index contributed by atoms with van der Waals surface area (Å²) in [5.74, 6) is -0.538. The van der Waals surface area contributed by atoms with Crippen LogP contribution in [0.3, 0.4) is 0 Å². The first-order valence-electron chi connectivity index (χ1n) is 8.79. The van der Waals surface area contributed by atoms with Gasteiger partial charge in [-0.05, 0) is 64.4 Å². The van der Waals surface area contributed by atoms with Gasteiger partial charge in [0, 0.05) is 25.2 Å². The van der Waals surface area contributed by atoms with Crippen LogP contribution in [0.15, 0.2) is 0 Å². The number of carboxylic acids is 1. The number of rotatable bonds is 6. The molecule has 0 bridgehead atoms. The van der Waals surface area contributed by atoms with E-state index < -0.39 is 5.97 Å². The van der Waals surface area contributed by atoms with Gasteiger partial charge in [-0.3, -0.25) is 14.3 Å². The minimum absolute atomic E-state index is 0.0643. The lowest BCUT2D eigenvalue weighted by Gasteiger charge is -2.26. The number of aromatic nitrogens is 2. The van der Waals surface area contributed by atoms with Crippen LogP contribution >= 0.6 is 0 Å². The van der Waals surface area contributed by atoms with Crippen molar-refractivity contribution >= 4 is 11.9 Å². The van der Waals surface area contributed by atoms with Crippen LogP contribution in [-0.2, 0) is 23.1 Å². The Bertz CT molecular complexity index is 601. The van der Waals surface area contributed by atoms with Crippen molar-refractivity contribution in [2.45, 2.75) is 65.3 Å². The third-order valence-electron chi connectivity index (χ3n) is 5.25. The quantitative estimate of drug-likeness (QED) is 0.836. The summed E-state index contributed by atoms with van der Waals surface area (Å²) in [6.07, 6.45) is 4.33. The van der Waals surface area contributed by atoms with Crippen molar-refractivity contribution in [3.63, 3.8) is 0 Å². The maximum atomic E-state index is 12.3. The summed E-state index contributed by atoms with van der Waals surface area (Å²) in [6.45, 7) is 6.06. The summed E-state index contributed by atoms with van der Waals surface area (Å²) in [4.78, 5) is 23.2. The van der Waals surface area contributed by atoms with E-state index in [0.29, 0.717) is 25.2 Å². The van der Waals surface area contributed by atoms with Crippen LogP contribution < -0.4 is 5.32 Å². The van der Waals surface area contributed by atoms with E-state index in [1.165, 1.54) is 5.56 Å². The molecule has 6 heteroatoms. The first kappa shape index (κ1) is 18.5. The van der Waals surface area contributed by atoms with Crippen molar-refractivity contribution in [3.05, 3.63) is 17.0 Å². The zero-order valence-electron chi connectivity index (χ0n) is 15.1. The minimum atomic E-state index is -0.700. The molecule has 1 heterocycles. The molecule has 24 heavy (non-hydrogen) atoms. The molecule has 1 aromatic rings. The van der Waals surface area contributed by atoms with Crippen LogP contribution in [0, 0.1) is 25.7 Å². The van der Waals surface area contributed by atoms with Gasteiger partial charge in [-0.2, -0.15) is 5.10 Å². The summed E-state index contributed by atoms with van der Waals surface area (Å²) in [5, 5.41) is 16.5. The lowest BCUT2D eigenvalue weighted by molar-refractivity contribution is -0.143. The van der Waals surface area contributed by atoms with E-state index >= 15 is 0 Å². The predicted octanol–water partition coefficient (Wildman–Crippen LogP) is 2.37. The number of carbonyl (C=O) groups is 2. The predicted molar refractivity (Wildman–Crippen MR) is 91.7 cm³/mol. The Kier molecular flexibility index (Phi) is 6.02. The number of hydrogen-bond donors (Lipinski definition) is 2. The van der Waals surface area contributed by atoms with Crippen LogP contribution in [0.1, 0.15) is 56.0 Å². The summed E-state index contributed by atoms with van der Waals surface area (Å²) < 4.78 is 1.88. The fraction of sp³-hybridized carbons (Fsp3) is 0.722. The van der Waals surface area contributed by atoms with E-state index in [9.17, 15) is 9.59 Å². The second kappa shape index (κ2) is 7.81.